The number of hydrogen-bond acceptors (Lipinski definition) is 3. The Hall–Kier alpha value is -3.64. The average molecular weight is 602 g/mol. The summed E-state index contributed by atoms with van der Waals surface area (Å²) in [5, 5.41) is 2.43. The molecule has 2 aromatic carbocycles. The Labute approximate surface area is 237 Å². The third kappa shape index (κ3) is 7.40. The Morgan fingerprint density at radius 3 is 2.10 bits per heavy atom. The lowest BCUT2D eigenvalue weighted by Gasteiger charge is -2.41. The van der Waals surface area contributed by atoms with Crippen LogP contribution in [0.4, 0.5) is 30.7 Å². The number of rotatable bonds is 7. The number of carbonyl (C=O) groups is 3. The number of alkyl halides is 6. The third-order valence-corrected chi connectivity index (χ3v) is 7.67. The fourth-order valence-electron chi connectivity index (χ4n) is 5.45. The van der Waals surface area contributed by atoms with Gasteiger partial charge in [0.25, 0.3) is 0 Å². The summed E-state index contributed by atoms with van der Waals surface area (Å²) < 4.78 is 94.7. The van der Waals surface area contributed by atoms with E-state index in [1.807, 2.05) is 0 Å². The SMILES string of the molecule is CC(=O)NCC(=O)N1CC[C@@H](C(=O)N(Cc2cc(C(F)(F)F)cc(C(F)(F)F)c2)C2CC2)[C@H](c2ccc(F)cc2C)C1. The molecular weight excluding hydrogens is 571 g/mol. The van der Waals surface area contributed by atoms with Crippen LogP contribution in [0.5, 0.6) is 0 Å². The van der Waals surface area contributed by atoms with Crippen molar-refractivity contribution in [3.63, 3.8) is 0 Å². The average Bonchev–Trinajstić information content (AvgIpc) is 3.74. The van der Waals surface area contributed by atoms with Gasteiger partial charge in [-0.1, -0.05) is 6.07 Å². The molecule has 2 fully saturated rings. The van der Waals surface area contributed by atoms with Crippen molar-refractivity contribution in [3.05, 3.63) is 70.0 Å². The van der Waals surface area contributed by atoms with Gasteiger partial charge < -0.3 is 15.1 Å². The van der Waals surface area contributed by atoms with Gasteiger partial charge in [0.05, 0.1) is 17.7 Å². The zero-order valence-electron chi connectivity index (χ0n) is 22.9. The molecule has 1 N–H and O–H groups in total. The van der Waals surface area contributed by atoms with E-state index >= 15 is 0 Å². The molecule has 0 aromatic heterocycles. The van der Waals surface area contributed by atoms with Crippen LogP contribution >= 0.6 is 0 Å². The molecule has 1 aliphatic carbocycles. The molecule has 0 radical (unpaired) electrons. The zero-order valence-corrected chi connectivity index (χ0v) is 22.9. The smallest absolute Gasteiger partial charge is 0.347 e. The fourth-order valence-corrected chi connectivity index (χ4v) is 5.45. The second-order valence-electron chi connectivity index (χ2n) is 10.9. The molecule has 42 heavy (non-hydrogen) atoms. The lowest BCUT2D eigenvalue weighted by atomic mass is 9.78. The summed E-state index contributed by atoms with van der Waals surface area (Å²) >= 11 is 0. The van der Waals surface area contributed by atoms with Gasteiger partial charge >= 0.3 is 12.4 Å². The lowest BCUT2D eigenvalue weighted by Crippen LogP contribution is -2.50. The highest BCUT2D eigenvalue weighted by Gasteiger charge is 2.43. The number of nitrogens with one attached hydrogen (secondary N) is 1. The number of aryl methyl sites for hydroxylation is 1. The summed E-state index contributed by atoms with van der Waals surface area (Å²) in [6.45, 7) is 2.41. The topological polar surface area (TPSA) is 69.7 Å². The molecule has 2 atom stereocenters. The molecule has 13 heteroatoms. The van der Waals surface area contributed by atoms with Crippen molar-refractivity contribution in [3.8, 4) is 0 Å². The van der Waals surface area contributed by atoms with Crippen LogP contribution < -0.4 is 5.32 Å². The summed E-state index contributed by atoms with van der Waals surface area (Å²) in [6.07, 6.45) is -8.79. The van der Waals surface area contributed by atoms with Gasteiger partial charge in [0, 0.05) is 44.4 Å². The maximum absolute atomic E-state index is 14.0. The largest absolute Gasteiger partial charge is 0.416 e. The Balaban J connectivity index is 1.66. The quantitative estimate of drug-likeness (QED) is 0.431. The lowest BCUT2D eigenvalue weighted by molar-refractivity contribution is -0.143. The molecule has 1 aliphatic heterocycles. The van der Waals surface area contributed by atoms with E-state index in [-0.39, 0.29) is 49.6 Å². The van der Waals surface area contributed by atoms with Gasteiger partial charge in [0.15, 0.2) is 0 Å². The first-order valence-corrected chi connectivity index (χ1v) is 13.4. The van der Waals surface area contributed by atoms with Gasteiger partial charge in [-0.25, -0.2) is 4.39 Å². The monoisotopic (exact) mass is 601 g/mol. The number of benzene rings is 2. The molecule has 4 rings (SSSR count). The molecule has 6 nitrogen and oxygen atoms in total. The van der Waals surface area contributed by atoms with Crippen LogP contribution in [0, 0.1) is 18.7 Å². The van der Waals surface area contributed by atoms with E-state index in [2.05, 4.69) is 5.32 Å². The van der Waals surface area contributed by atoms with Crippen LogP contribution in [0.25, 0.3) is 0 Å². The Kier molecular flexibility index (Phi) is 8.89. The van der Waals surface area contributed by atoms with Gasteiger partial charge in [-0.05, 0) is 73.2 Å². The summed E-state index contributed by atoms with van der Waals surface area (Å²) in [5.41, 5.74) is -2.09. The fraction of sp³-hybridized carbons (Fsp3) is 0.483. The standard InChI is InChI=1S/C29H30F7N3O3/c1-16-9-21(30)3-6-23(16)25-15-38(26(41)13-37-17(2)40)8-7-24(25)27(42)39(22-4-5-22)14-18-10-19(28(31,32)33)12-20(11-18)29(34,35)36/h3,6,9-12,22,24-25H,4-5,7-8,13-15H2,1-2H3,(H,37,40)/t24-,25+/m1/s1. The van der Waals surface area contributed by atoms with Crippen molar-refractivity contribution < 1.29 is 45.1 Å². The van der Waals surface area contributed by atoms with Gasteiger partial charge in [0.1, 0.15) is 5.82 Å². The Morgan fingerprint density at radius 1 is 0.952 bits per heavy atom. The molecule has 3 amide bonds. The second-order valence-corrected chi connectivity index (χ2v) is 10.9. The van der Waals surface area contributed by atoms with Crippen LogP contribution in [0.1, 0.15) is 59.9 Å². The molecule has 2 aliphatic rings. The zero-order chi connectivity index (χ0) is 31.0. The van der Waals surface area contributed by atoms with E-state index in [4.69, 9.17) is 0 Å². The van der Waals surface area contributed by atoms with Crippen LogP contribution in [0.3, 0.4) is 0 Å². The van der Waals surface area contributed by atoms with Gasteiger partial charge in [0.2, 0.25) is 17.7 Å². The van der Waals surface area contributed by atoms with Crippen molar-refractivity contribution in [2.45, 2.75) is 64.0 Å². The van der Waals surface area contributed by atoms with Crippen LogP contribution in [0.2, 0.25) is 0 Å². The number of halogens is 7. The van der Waals surface area contributed by atoms with E-state index in [0.29, 0.717) is 36.1 Å². The molecule has 228 valence electrons. The first-order chi connectivity index (χ1) is 19.5. The number of carbonyl (C=O) groups excluding carboxylic acids is 3. The molecule has 0 spiro atoms. The molecule has 0 bridgehead atoms. The van der Waals surface area contributed by atoms with Crippen LogP contribution in [-0.2, 0) is 33.3 Å². The summed E-state index contributed by atoms with van der Waals surface area (Å²) in [5.74, 6) is -3.13. The summed E-state index contributed by atoms with van der Waals surface area (Å²) in [7, 11) is 0. The maximum Gasteiger partial charge on any atom is 0.416 e. The van der Waals surface area contributed by atoms with E-state index in [9.17, 15) is 45.1 Å². The van der Waals surface area contributed by atoms with Gasteiger partial charge in [-0.3, -0.25) is 14.4 Å². The maximum atomic E-state index is 14.0. The predicted octanol–water partition coefficient (Wildman–Crippen LogP) is 5.43. The van der Waals surface area contributed by atoms with E-state index in [0.717, 1.165) is 0 Å². The Morgan fingerprint density at radius 2 is 1.57 bits per heavy atom. The number of amides is 3. The minimum absolute atomic E-state index is 0.0494. The molecule has 1 saturated carbocycles. The summed E-state index contributed by atoms with van der Waals surface area (Å²) in [6, 6.07) is 4.98. The predicted molar refractivity (Wildman–Crippen MR) is 137 cm³/mol. The number of nitrogens with zero attached hydrogens (tertiary/aromatic N) is 2. The molecule has 1 heterocycles. The first-order valence-electron chi connectivity index (χ1n) is 13.4. The first kappa shape index (κ1) is 31.3. The number of piperidine rings is 1. The van der Waals surface area contributed by atoms with Gasteiger partial charge in [-0.15, -0.1) is 0 Å². The van der Waals surface area contributed by atoms with Crippen molar-refractivity contribution in [1.29, 1.82) is 0 Å². The van der Waals surface area contributed by atoms with Crippen LogP contribution in [-0.4, -0.2) is 53.2 Å². The van der Waals surface area contributed by atoms with E-state index in [1.54, 1.807) is 6.92 Å². The third-order valence-electron chi connectivity index (χ3n) is 7.67. The van der Waals surface area contributed by atoms with Crippen molar-refractivity contribution in [2.75, 3.05) is 19.6 Å². The van der Waals surface area contributed by atoms with E-state index in [1.165, 1.54) is 34.9 Å². The van der Waals surface area contributed by atoms with Crippen molar-refractivity contribution in [2.24, 2.45) is 5.92 Å². The van der Waals surface area contributed by atoms with Crippen LogP contribution in [0.15, 0.2) is 36.4 Å². The van der Waals surface area contributed by atoms with Crippen molar-refractivity contribution in [1.82, 2.24) is 15.1 Å². The second kappa shape index (κ2) is 11.9. The number of likely N-dealkylation sites (tertiary alicyclic amines) is 1. The van der Waals surface area contributed by atoms with Crippen molar-refractivity contribution >= 4 is 17.7 Å². The molecule has 2 aromatic rings. The van der Waals surface area contributed by atoms with Gasteiger partial charge in [-0.2, -0.15) is 26.3 Å². The highest BCUT2D eigenvalue weighted by Crippen LogP contribution is 2.40. The van der Waals surface area contributed by atoms with E-state index < -0.39 is 59.5 Å². The highest BCUT2D eigenvalue weighted by molar-refractivity contribution is 5.85. The normalized spacial score (nSPS) is 19.4. The highest BCUT2D eigenvalue weighted by atomic mass is 19.4. The summed E-state index contributed by atoms with van der Waals surface area (Å²) in [4.78, 5) is 40.9. The minimum atomic E-state index is -5.02. The Bertz CT molecular complexity index is 1320. The minimum Gasteiger partial charge on any atom is -0.347 e. The molecular formula is C29H30F7N3O3. The molecule has 0 unspecified atom stereocenters. The molecule has 1 saturated heterocycles. The number of hydrogen-bond donors (Lipinski definition) is 1.